The number of aliphatic hydroxyl groups excluding tert-OH is 1. The highest BCUT2D eigenvalue weighted by molar-refractivity contribution is 5.73. The molecule has 1 aliphatic rings. The number of carbonyl (C=O) groups excluding carboxylic acids is 1. The summed E-state index contributed by atoms with van der Waals surface area (Å²) in [6.45, 7) is 6.29. The summed E-state index contributed by atoms with van der Waals surface area (Å²) in [6, 6.07) is 0. The second-order valence-electron chi connectivity index (χ2n) is 7.12. The van der Waals surface area contributed by atoms with Crippen molar-refractivity contribution in [3.63, 3.8) is 0 Å². The van der Waals surface area contributed by atoms with Crippen molar-refractivity contribution in [1.82, 2.24) is 9.80 Å². The van der Waals surface area contributed by atoms with Gasteiger partial charge in [-0.1, -0.05) is 0 Å². The normalized spacial score (nSPS) is 18.5. The number of amides is 1. The molecule has 1 heterocycles. The maximum atomic E-state index is 12.0. The van der Waals surface area contributed by atoms with E-state index in [-0.39, 0.29) is 32.7 Å². The Morgan fingerprint density at radius 2 is 1.91 bits per heavy atom. The average molecular weight is 332 g/mol. The first-order valence-electron chi connectivity index (χ1n) is 7.57. The number of nitrogens with zero attached hydrogens (tertiary/aromatic N) is 2. The van der Waals surface area contributed by atoms with Crippen molar-refractivity contribution in [3.05, 3.63) is 0 Å². The van der Waals surface area contributed by atoms with Gasteiger partial charge in [0.25, 0.3) is 0 Å². The maximum absolute atomic E-state index is 12.0. The quantitative estimate of drug-likeness (QED) is 0.695. The van der Waals surface area contributed by atoms with Crippen LogP contribution in [-0.4, -0.2) is 89.7 Å². The minimum Gasteiger partial charge on any atom is -0.481 e. The molecule has 0 aliphatic carbocycles. The lowest BCUT2D eigenvalue weighted by atomic mass is 9.84. The lowest BCUT2D eigenvalue weighted by molar-refractivity contribution is -0.146. The van der Waals surface area contributed by atoms with Gasteiger partial charge in [-0.3, -0.25) is 9.69 Å². The van der Waals surface area contributed by atoms with Crippen LogP contribution in [0.3, 0.4) is 0 Å². The zero-order chi connectivity index (χ0) is 17.8. The van der Waals surface area contributed by atoms with Crippen LogP contribution >= 0.6 is 0 Å². The van der Waals surface area contributed by atoms with Gasteiger partial charge in [0.05, 0.1) is 24.7 Å². The van der Waals surface area contributed by atoms with Gasteiger partial charge in [0.15, 0.2) is 0 Å². The van der Waals surface area contributed by atoms with Crippen LogP contribution in [0.4, 0.5) is 4.79 Å². The Bertz CT molecular complexity index is 428. The molecule has 0 aromatic carbocycles. The van der Waals surface area contributed by atoms with Gasteiger partial charge in [-0.25, -0.2) is 4.79 Å². The molecule has 8 nitrogen and oxygen atoms in total. The summed E-state index contributed by atoms with van der Waals surface area (Å²) in [6.07, 6.45) is -1.28. The summed E-state index contributed by atoms with van der Waals surface area (Å²) in [5.74, 6) is -0.943. The van der Waals surface area contributed by atoms with Crippen LogP contribution in [0.15, 0.2) is 0 Å². The van der Waals surface area contributed by atoms with Gasteiger partial charge in [-0.05, 0) is 27.8 Å². The van der Waals surface area contributed by atoms with E-state index in [2.05, 4.69) is 0 Å². The highest BCUT2D eigenvalue weighted by Crippen LogP contribution is 2.32. The monoisotopic (exact) mass is 332 g/mol. The molecule has 1 atom stereocenters. The fraction of sp³-hybridized carbons (Fsp3) is 0.867. The molecular formula is C15H28N2O6. The van der Waals surface area contributed by atoms with Crippen molar-refractivity contribution in [2.75, 3.05) is 40.4 Å². The number of ether oxygens (including phenoxy) is 2. The number of likely N-dealkylation sites (N-methyl/N-ethyl adjacent to an activating group) is 1. The van der Waals surface area contributed by atoms with Crippen LogP contribution in [-0.2, 0) is 14.3 Å². The van der Waals surface area contributed by atoms with Crippen LogP contribution in [0.1, 0.15) is 27.2 Å². The van der Waals surface area contributed by atoms with Crippen LogP contribution in [0.5, 0.6) is 0 Å². The Kier molecular flexibility index (Phi) is 6.38. The van der Waals surface area contributed by atoms with E-state index >= 15 is 0 Å². The van der Waals surface area contributed by atoms with Gasteiger partial charge < -0.3 is 24.6 Å². The number of aliphatic carboxylic acids is 1. The standard InChI is InChI=1S/C15H28N2O6/c1-14(2,3)23-13(21)17-9-15(10-17,6-12(19)20)16(4)7-11(18)8-22-5/h11,18H,6-10H2,1-5H3,(H,19,20). The number of hydrogen-bond donors (Lipinski definition) is 2. The van der Waals surface area contributed by atoms with Crippen molar-refractivity contribution in [1.29, 1.82) is 0 Å². The summed E-state index contributed by atoms with van der Waals surface area (Å²) < 4.78 is 10.2. The molecule has 0 aromatic rings. The Morgan fingerprint density at radius 1 is 1.35 bits per heavy atom. The Labute approximate surface area is 137 Å². The number of hydrogen-bond acceptors (Lipinski definition) is 6. The predicted molar refractivity (Wildman–Crippen MR) is 83.3 cm³/mol. The smallest absolute Gasteiger partial charge is 0.410 e. The van der Waals surface area contributed by atoms with E-state index in [0.717, 1.165) is 0 Å². The molecule has 0 bridgehead atoms. The first kappa shape index (κ1) is 19.7. The number of carboxylic acids is 1. The van der Waals surface area contributed by atoms with E-state index in [1.54, 1.807) is 32.7 Å². The molecular weight excluding hydrogens is 304 g/mol. The third-order valence-electron chi connectivity index (χ3n) is 3.76. The van der Waals surface area contributed by atoms with E-state index in [1.165, 1.54) is 12.0 Å². The summed E-state index contributed by atoms with van der Waals surface area (Å²) in [4.78, 5) is 26.5. The molecule has 0 saturated carbocycles. The topological polar surface area (TPSA) is 99.5 Å². The second-order valence-corrected chi connectivity index (χ2v) is 7.12. The van der Waals surface area contributed by atoms with Crippen molar-refractivity contribution in [2.45, 2.75) is 44.4 Å². The van der Waals surface area contributed by atoms with Crippen LogP contribution < -0.4 is 0 Å². The molecule has 0 aromatic heterocycles. The molecule has 134 valence electrons. The lowest BCUT2D eigenvalue weighted by Crippen LogP contribution is -2.72. The third-order valence-corrected chi connectivity index (χ3v) is 3.76. The highest BCUT2D eigenvalue weighted by atomic mass is 16.6. The molecule has 1 aliphatic heterocycles. The summed E-state index contributed by atoms with van der Waals surface area (Å²) in [5, 5.41) is 19.0. The lowest BCUT2D eigenvalue weighted by Gasteiger charge is -2.54. The minimum atomic E-state index is -0.943. The molecule has 23 heavy (non-hydrogen) atoms. The SMILES string of the molecule is COCC(O)CN(C)C1(CC(=O)O)CN(C(=O)OC(C)(C)C)C1. The van der Waals surface area contributed by atoms with E-state index in [0.29, 0.717) is 0 Å². The van der Waals surface area contributed by atoms with Crippen LogP contribution in [0.25, 0.3) is 0 Å². The van der Waals surface area contributed by atoms with Crippen molar-refractivity contribution in [2.24, 2.45) is 0 Å². The van der Waals surface area contributed by atoms with Gasteiger partial charge in [0.2, 0.25) is 0 Å². The van der Waals surface area contributed by atoms with Gasteiger partial charge in [-0.15, -0.1) is 0 Å². The number of carbonyl (C=O) groups is 2. The van der Waals surface area contributed by atoms with Gasteiger partial charge in [-0.2, -0.15) is 0 Å². The highest BCUT2D eigenvalue weighted by Gasteiger charge is 2.50. The van der Waals surface area contributed by atoms with Crippen molar-refractivity contribution >= 4 is 12.1 Å². The van der Waals surface area contributed by atoms with Crippen LogP contribution in [0, 0.1) is 0 Å². The van der Waals surface area contributed by atoms with E-state index in [4.69, 9.17) is 14.6 Å². The van der Waals surface area contributed by atoms with E-state index < -0.39 is 29.3 Å². The second kappa shape index (κ2) is 7.46. The molecule has 8 heteroatoms. The van der Waals surface area contributed by atoms with Gasteiger partial charge in [0.1, 0.15) is 5.60 Å². The zero-order valence-electron chi connectivity index (χ0n) is 14.5. The largest absolute Gasteiger partial charge is 0.481 e. The molecule has 0 spiro atoms. The molecule has 0 radical (unpaired) electrons. The fourth-order valence-corrected chi connectivity index (χ4v) is 2.64. The molecule has 1 fully saturated rings. The zero-order valence-corrected chi connectivity index (χ0v) is 14.5. The van der Waals surface area contributed by atoms with Crippen molar-refractivity contribution < 1.29 is 29.3 Å². The predicted octanol–water partition coefficient (Wildman–Crippen LogP) is 0.390. The molecule has 1 unspecified atom stereocenters. The first-order chi connectivity index (χ1) is 10.5. The van der Waals surface area contributed by atoms with Crippen LogP contribution in [0.2, 0.25) is 0 Å². The molecule has 2 N–H and O–H groups in total. The summed E-state index contributed by atoms with van der Waals surface area (Å²) >= 11 is 0. The van der Waals surface area contributed by atoms with E-state index in [1.807, 2.05) is 0 Å². The van der Waals surface area contributed by atoms with Gasteiger partial charge in [0, 0.05) is 26.7 Å². The summed E-state index contributed by atoms with van der Waals surface area (Å²) in [7, 11) is 3.23. The van der Waals surface area contributed by atoms with E-state index in [9.17, 15) is 14.7 Å². The Balaban J connectivity index is 2.69. The first-order valence-corrected chi connectivity index (χ1v) is 7.57. The fourth-order valence-electron chi connectivity index (χ4n) is 2.64. The van der Waals surface area contributed by atoms with Gasteiger partial charge >= 0.3 is 12.1 Å². The third kappa shape index (κ3) is 5.63. The number of β-amino-alcohol motifs (C(OH)–C–C–N with tert-alkyl or cyclic N) is 1. The molecule has 1 rings (SSSR count). The summed E-state index contributed by atoms with van der Waals surface area (Å²) in [5.41, 5.74) is -1.29. The number of rotatable bonds is 7. The maximum Gasteiger partial charge on any atom is 0.410 e. The number of likely N-dealkylation sites (tertiary alicyclic amines) is 1. The number of aliphatic hydroxyl groups is 1. The van der Waals surface area contributed by atoms with Crippen molar-refractivity contribution in [3.8, 4) is 0 Å². The number of methoxy groups -OCH3 is 1. The number of carboxylic acid groups (broad SMARTS) is 1. The average Bonchev–Trinajstić information content (AvgIpc) is 2.30. The Morgan fingerprint density at radius 3 is 2.35 bits per heavy atom. The molecule has 1 saturated heterocycles. The molecule has 1 amide bonds. The Hall–Kier alpha value is -1.38. The minimum absolute atomic E-state index is 0.109.